The molecule has 1 heterocycles. The van der Waals surface area contributed by atoms with Gasteiger partial charge >= 0.3 is 6.03 Å². The molecule has 1 aliphatic heterocycles. The first kappa shape index (κ1) is 15.8. The molecular formula is C14H27N3O2. The van der Waals surface area contributed by atoms with Crippen LogP contribution < -0.4 is 5.32 Å². The largest absolute Gasteiger partial charge is 0.353 e. The van der Waals surface area contributed by atoms with Crippen LogP contribution >= 0.6 is 0 Å². The van der Waals surface area contributed by atoms with Gasteiger partial charge in [0.05, 0.1) is 0 Å². The maximum absolute atomic E-state index is 12.2. The normalized spacial score (nSPS) is 16.6. The summed E-state index contributed by atoms with van der Waals surface area (Å²) in [6.07, 6.45) is 1.71. The number of nitrogens with one attached hydrogen (secondary N) is 1. The summed E-state index contributed by atoms with van der Waals surface area (Å²) >= 11 is 0. The topological polar surface area (TPSA) is 52.7 Å². The molecule has 0 atom stereocenters. The molecular weight excluding hydrogens is 242 g/mol. The highest BCUT2D eigenvalue weighted by atomic mass is 16.2. The molecule has 0 spiro atoms. The summed E-state index contributed by atoms with van der Waals surface area (Å²) in [5.41, 5.74) is 0. The minimum atomic E-state index is 0.0235. The Kier molecular flexibility index (Phi) is 6.12. The van der Waals surface area contributed by atoms with E-state index in [0.29, 0.717) is 0 Å². The van der Waals surface area contributed by atoms with Crippen LogP contribution in [0.25, 0.3) is 0 Å². The van der Waals surface area contributed by atoms with Gasteiger partial charge in [-0.25, -0.2) is 4.79 Å². The van der Waals surface area contributed by atoms with Crippen LogP contribution in [0, 0.1) is 5.92 Å². The fourth-order valence-electron chi connectivity index (χ4n) is 2.28. The summed E-state index contributed by atoms with van der Waals surface area (Å²) < 4.78 is 0. The molecule has 19 heavy (non-hydrogen) atoms. The van der Waals surface area contributed by atoms with Gasteiger partial charge in [-0.05, 0) is 26.7 Å². The highest BCUT2D eigenvalue weighted by molar-refractivity contribution is 5.78. The third-order valence-electron chi connectivity index (χ3n) is 3.67. The van der Waals surface area contributed by atoms with Crippen molar-refractivity contribution in [3.63, 3.8) is 0 Å². The van der Waals surface area contributed by atoms with E-state index in [0.717, 1.165) is 39.0 Å². The lowest BCUT2D eigenvalue weighted by Crippen LogP contribution is -2.51. The van der Waals surface area contributed by atoms with Crippen LogP contribution in [0.15, 0.2) is 0 Å². The Morgan fingerprint density at radius 2 is 1.74 bits per heavy atom. The zero-order chi connectivity index (χ0) is 14.4. The molecule has 0 aromatic rings. The average molecular weight is 269 g/mol. The van der Waals surface area contributed by atoms with E-state index in [4.69, 9.17) is 0 Å². The number of urea groups is 1. The van der Waals surface area contributed by atoms with E-state index in [1.165, 1.54) is 0 Å². The van der Waals surface area contributed by atoms with Crippen molar-refractivity contribution >= 4 is 11.9 Å². The Bertz CT molecular complexity index is 306. The third-order valence-corrected chi connectivity index (χ3v) is 3.67. The number of likely N-dealkylation sites (tertiary alicyclic amines) is 1. The molecule has 1 saturated heterocycles. The van der Waals surface area contributed by atoms with Crippen LogP contribution in [0.5, 0.6) is 0 Å². The second-order valence-corrected chi connectivity index (χ2v) is 5.38. The van der Waals surface area contributed by atoms with Gasteiger partial charge in [0, 0.05) is 38.1 Å². The van der Waals surface area contributed by atoms with Crippen LogP contribution in [-0.4, -0.2) is 54.0 Å². The predicted octanol–water partition coefficient (Wildman–Crippen LogP) is 1.68. The zero-order valence-electron chi connectivity index (χ0n) is 12.6. The molecule has 5 nitrogen and oxygen atoms in total. The van der Waals surface area contributed by atoms with Gasteiger partial charge in [-0.3, -0.25) is 4.79 Å². The highest BCUT2D eigenvalue weighted by Gasteiger charge is 2.26. The lowest BCUT2D eigenvalue weighted by molar-refractivity contribution is -0.124. The van der Waals surface area contributed by atoms with Gasteiger partial charge in [-0.1, -0.05) is 13.8 Å². The van der Waals surface area contributed by atoms with Crippen LogP contribution in [0.3, 0.4) is 0 Å². The summed E-state index contributed by atoms with van der Waals surface area (Å²) in [6.45, 7) is 10.8. The van der Waals surface area contributed by atoms with E-state index in [-0.39, 0.29) is 23.9 Å². The van der Waals surface area contributed by atoms with Crippen molar-refractivity contribution in [2.45, 2.75) is 46.6 Å². The number of carbonyl (C=O) groups excluding carboxylic acids is 2. The smallest absolute Gasteiger partial charge is 0.319 e. The molecule has 1 aliphatic rings. The molecule has 1 N–H and O–H groups in total. The molecule has 0 saturated carbocycles. The Labute approximate surface area is 116 Å². The van der Waals surface area contributed by atoms with Gasteiger partial charge in [0.2, 0.25) is 5.91 Å². The number of piperidine rings is 1. The number of rotatable bonds is 4. The molecule has 110 valence electrons. The monoisotopic (exact) mass is 269 g/mol. The van der Waals surface area contributed by atoms with Crippen LogP contribution in [0.4, 0.5) is 4.79 Å². The Balaban J connectivity index is 2.40. The van der Waals surface area contributed by atoms with Gasteiger partial charge in [0.25, 0.3) is 0 Å². The number of nitrogens with zero attached hydrogens (tertiary/aromatic N) is 2. The summed E-state index contributed by atoms with van der Waals surface area (Å²) in [7, 11) is 0. The minimum absolute atomic E-state index is 0.0235. The molecule has 1 fully saturated rings. The van der Waals surface area contributed by atoms with E-state index in [2.05, 4.69) is 5.32 Å². The maximum atomic E-state index is 12.2. The van der Waals surface area contributed by atoms with E-state index >= 15 is 0 Å². The lowest BCUT2D eigenvalue weighted by atomic mass is 10.0. The predicted molar refractivity (Wildman–Crippen MR) is 75.9 cm³/mol. The van der Waals surface area contributed by atoms with Crippen molar-refractivity contribution in [1.82, 2.24) is 15.1 Å². The Hall–Kier alpha value is -1.26. The lowest BCUT2D eigenvalue weighted by Gasteiger charge is -2.35. The van der Waals surface area contributed by atoms with E-state index in [9.17, 15) is 9.59 Å². The van der Waals surface area contributed by atoms with Gasteiger partial charge < -0.3 is 15.1 Å². The van der Waals surface area contributed by atoms with Gasteiger partial charge in [-0.15, -0.1) is 0 Å². The SMILES string of the molecule is CCN(CC)C(=O)N1CCC(NC(=O)C(C)C)CC1. The van der Waals surface area contributed by atoms with Gasteiger partial charge in [-0.2, -0.15) is 0 Å². The second kappa shape index (κ2) is 7.36. The first-order valence-corrected chi connectivity index (χ1v) is 7.33. The molecule has 0 aliphatic carbocycles. The maximum Gasteiger partial charge on any atom is 0.319 e. The van der Waals surface area contributed by atoms with Crippen molar-refractivity contribution in [2.75, 3.05) is 26.2 Å². The number of carbonyl (C=O) groups is 2. The molecule has 3 amide bonds. The summed E-state index contributed by atoms with van der Waals surface area (Å²) in [6, 6.07) is 0.342. The first-order valence-electron chi connectivity index (χ1n) is 7.33. The van der Waals surface area contributed by atoms with Crippen molar-refractivity contribution in [3.8, 4) is 0 Å². The fraction of sp³-hybridized carbons (Fsp3) is 0.857. The Morgan fingerprint density at radius 1 is 1.21 bits per heavy atom. The molecule has 5 heteroatoms. The molecule has 0 aromatic heterocycles. The van der Waals surface area contributed by atoms with Crippen LogP contribution in [0.2, 0.25) is 0 Å². The number of amides is 3. The Morgan fingerprint density at radius 3 is 2.16 bits per heavy atom. The number of hydrogen-bond acceptors (Lipinski definition) is 2. The van der Waals surface area contributed by atoms with Gasteiger partial charge in [0.15, 0.2) is 0 Å². The standard InChI is InChI=1S/C14H27N3O2/c1-5-16(6-2)14(19)17-9-7-12(8-10-17)15-13(18)11(3)4/h11-12H,5-10H2,1-4H3,(H,15,18). The van der Waals surface area contributed by atoms with E-state index in [1.54, 1.807) is 0 Å². The summed E-state index contributed by atoms with van der Waals surface area (Å²) in [5.74, 6) is 0.129. The molecule has 0 aromatic carbocycles. The fourth-order valence-corrected chi connectivity index (χ4v) is 2.28. The number of hydrogen-bond donors (Lipinski definition) is 1. The minimum Gasteiger partial charge on any atom is -0.353 e. The van der Waals surface area contributed by atoms with Crippen LogP contribution in [-0.2, 0) is 4.79 Å². The molecule has 0 unspecified atom stereocenters. The first-order chi connectivity index (χ1) is 8.99. The molecule has 1 rings (SSSR count). The van der Waals surface area contributed by atoms with Crippen molar-refractivity contribution in [2.24, 2.45) is 5.92 Å². The van der Waals surface area contributed by atoms with Gasteiger partial charge in [0.1, 0.15) is 0 Å². The molecule has 0 radical (unpaired) electrons. The quantitative estimate of drug-likeness (QED) is 0.844. The zero-order valence-corrected chi connectivity index (χ0v) is 12.6. The van der Waals surface area contributed by atoms with Crippen molar-refractivity contribution in [1.29, 1.82) is 0 Å². The third kappa shape index (κ3) is 4.40. The van der Waals surface area contributed by atoms with Crippen molar-refractivity contribution < 1.29 is 9.59 Å². The van der Waals surface area contributed by atoms with Crippen LogP contribution in [0.1, 0.15) is 40.5 Å². The average Bonchev–Trinajstić information content (AvgIpc) is 2.40. The summed E-state index contributed by atoms with van der Waals surface area (Å²) in [4.78, 5) is 27.5. The highest BCUT2D eigenvalue weighted by Crippen LogP contribution is 2.13. The van der Waals surface area contributed by atoms with Crippen molar-refractivity contribution in [3.05, 3.63) is 0 Å². The molecule has 0 bridgehead atoms. The second-order valence-electron chi connectivity index (χ2n) is 5.38. The van der Waals surface area contributed by atoms with E-state index in [1.807, 2.05) is 37.5 Å². The summed E-state index contributed by atoms with van der Waals surface area (Å²) in [5, 5.41) is 3.04. The van der Waals surface area contributed by atoms with E-state index < -0.39 is 0 Å².